The normalized spacial score (nSPS) is 28.2. The number of carbonyl (C=O) groups excluding carboxylic acids is 3. The Hall–Kier alpha value is -1.43. The second kappa shape index (κ2) is 7.02. The average molecular weight is 295 g/mol. The first kappa shape index (κ1) is 15.9. The Labute approximate surface area is 125 Å². The number of amides is 3. The number of carbonyl (C=O) groups is 3. The molecule has 2 aliphatic carbocycles. The van der Waals surface area contributed by atoms with Gasteiger partial charge in [0.15, 0.2) is 0 Å². The van der Waals surface area contributed by atoms with E-state index in [9.17, 15) is 14.4 Å². The van der Waals surface area contributed by atoms with Crippen molar-refractivity contribution in [3.63, 3.8) is 0 Å². The smallest absolute Gasteiger partial charge is 0.318 e. The van der Waals surface area contributed by atoms with Crippen LogP contribution in [0.1, 0.15) is 39.0 Å². The van der Waals surface area contributed by atoms with Crippen molar-refractivity contribution in [2.75, 3.05) is 13.1 Å². The first-order valence-corrected chi connectivity index (χ1v) is 7.83. The van der Waals surface area contributed by atoms with Crippen molar-refractivity contribution in [1.29, 1.82) is 0 Å². The average Bonchev–Trinajstić information content (AvgIpc) is 3.10. The Kier molecular flexibility index (Phi) is 5.33. The van der Waals surface area contributed by atoms with Crippen LogP contribution in [0.15, 0.2) is 0 Å². The number of nitrogens with zero attached hydrogens (tertiary/aromatic N) is 1. The minimum absolute atomic E-state index is 0.0141. The van der Waals surface area contributed by atoms with Crippen molar-refractivity contribution >= 4 is 18.2 Å². The topological polar surface area (TPSA) is 92.5 Å². The predicted molar refractivity (Wildman–Crippen MR) is 78.0 cm³/mol. The molecule has 6 heteroatoms. The molecule has 0 heterocycles. The third-order valence-electron chi connectivity index (χ3n) is 4.98. The summed E-state index contributed by atoms with van der Waals surface area (Å²) in [5, 5.41) is 2.78. The lowest BCUT2D eigenvalue weighted by atomic mass is 9.84. The van der Waals surface area contributed by atoms with Crippen LogP contribution in [-0.4, -0.2) is 42.3 Å². The maximum absolute atomic E-state index is 12.0. The molecular formula is C15H25N3O3. The number of rotatable bonds is 6. The van der Waals surface area contributed by atoms with Crippen molar-refractivity contribution in [3.05, 3.63) is 0 Å². The van der Waals surface area contributed by atoms with Gasteiger partial charge >= 0.3 is 11.8 Å². The molecule has 2 aliphatic rings. The van der Waals surface area contributed by atoms with E-state index in [0.29, 0.717) is 31.2 Å². The van der Waals surface area contributed by atoms with Crippen molar-refractivity contribution in [1.82, 2.24) is 10.2 Å². The monoisotopic (exact) mass is 295 g/mol. The van der Waals surface area contributed by atoms with Crippen LogP contribution in [-0.2, 0) is 14.4 Å². The van der Waals surface area contributed by atoms with Crippen LogP contribution in [0.2, 0.25) is 0 Å². The molecule has 0 saturated heterocycles. The highest BCUT2D eigenvalue weighted by Gasteiger charge is 2.42. The van der Waals surface area contributed by atoms with E-state index in [0.717, 1.165) is 17.2 Å². The lowest BCUT2D eigenvalue weighted by molar-refractivity contribution is -0.149. The molecule has 4 unspecified atom stereocenters. The number of imide groups is 1. The highest BCUT2D eigenvalue weighted by molar-refractivity contribution is 6.36. The molecule has 0 aromatic carbocycles. The standard InChI is InChI=1S/C15H25N3O3/c1-10(13-8-11-3-4-12(13)7-11)17-14(20)15(21)18(9-19)6-2-5-16/h9-13H,2-8,16H2,1H3,(H,17,20). The Balaban J connectivity index is 1.85. The number of hydrogen-bond acceptors (Lipinski definition) is 4. The maximum atomic E-state index is 12.0. The molecule has 0 aromatic rings. The summed E-state index contributed by atoms with van der Waals surface area (Å²) < 4.78 is 0. The maximum Gasteiger partial charge on any atom is 0.318 e. The molecule has 118 valence electrons. The molecule has 2 rings (SSSR count). The highest BCUT2D eigenvalue weighted by Crippen LogP contribution is 2.49. The second-order valence-electron chi connectivity index (χ2n) is 6.35. The Bertz CT molecular complexity index is 413. The predicted octanol–water partition coefficient (Wildman–Crippen LogP) is 0.261. The van der Waals surface area contributed by atoms with Crippen LogP contribution in [0.5, 0.6) is 0 Å². The van der Waals surface area contributed by atoms with Crippen LogP contribution >= 0.6 is 0 Å². The molecule has 2 fully saturated rings. The van der Waals surface area contributed by atoms with Gasteiger partial charge in [0.25, 0.3) is 0 Å². The number of fused-ring (bicyclic) bond motifs is 2. The molecule has 4 atom stereocenters. The van der Waals surface area contributed by atoms with Gasteiger partial charge in [-0.15, -0.1) is 0 Å². The molecule has 2 saturated carbocycles. The van der Waals surface area contributed by atoms with E-state index in [1.54, 1.807) is 0 Å². The van der Waals surface area contributed by atoms with Crippen molar-refractivity contribution in [2.45, 2.75) is 45.1 Å². The zero-order valence-corrected chi connectivity index (χ0v) is 12.6. The summed E-state index contributed by atoms with van der Waals surface area (Å²) in [6.07, 6.45) is 5.85. The SMILES string of the molecule is CC(NC(=O)C(=O)N(C=O)CCCN)C1CC2CCC1C2. The largest absolute Gasteiger partial charge is 0.345 e. The van der Waals surface area contributed by atoms with E-state index in [1.807, 2.05) is 6.92 Å². The third kappa shape index (κ3) is 3.61. The summed E-state index contributed by atoms with van der Waals surface area (Å²) in [5.41, 5.74) is 5.35. The molecule has 0 spiro atoms. The Morgan fingerprint density at radius 3 is 2.67 bits per heavy atom. The fourth-order valence-corrected chi connectivity index (χ4v) is 3.88. The second-order valence-corrected chi connectivity index (χ2v) is 6.35. The third-order valence-corrected chi connectivity index (χ3v) is 4.98. The number of nitrogens with one attached hydrogen (secondary N) is 1. The quantitative estimate of drug-likeness (QED) is 0.543. The zero-order valence-electron chi connectivity index (χ0n) is 12.6. The molecule has 6 nitrogen and oxygen atoms in total. The van der Waals surface area contributed by atoms with E-state index in [4.69, 9.17) is 5.73 Å². The Morgan fingerprint density at radius 1 is 1.38 bits per heavy atom. The summed E-state index contributed by atoms with van der Waals surface area (Å²) in [6, 6.07) is -0.0141. The summed E-state index contributed by atoms with van der Waals surface area (Å²) >= 11 is 0. The van der Waals surface area contributed by atoms with E-state index in [1.165, 1.54) is 19.3 Å². The molecule has 0 aliphatic heterocycles. The van der Waals surface area contributed by atoms with Crippen LogP contribution in [0.3, 0.4) is 0 Å². The van der Waals surface area contributed by atoms with E-state index >= 15 is 0 Å². The van der Waals surface area contributed by atoms with Gasteiger partial charge in [-0.3, -0.25) is 19.3 Å². The van der Waals surface area contributed by atoms with Gasteiger partial charge in [0, 0.05) is 12.6 Å². The van der Waals surface area contributed by atoms with Crippen molar-refractivity contribution in [3.8, 4) is 0 Å². The zero-order chi connectivity index (χ0) is 15.4. The van der Waals surface area contributed by atoms with Crippen LogP contribution in [0, 0.1) is 17.8 Å². The van der Waals surface area contributed by atoms with Gasteiger partial charge < -0.3 is 11.1 Å². The number of nitrogens with two attached hydrogens (primary N) is 1. The summed E-state index contributed by atoms with van der Waals surface area (Å²) in [5.74, 6) is 0.475. The molecule has 0 aromatic heterocycles. The minimum atomic E-state index is -0.784. The van der Waals surface area contributed by atoms with Gasteiger partial charge in [-0.05, 0) is 56.9 Å². The first-order valence-electron chi connectivity index (χ1n) is 7.83. The van der Waals surface area contributed by atoms with Crippen LogP contribution in [0.25, 0.3) is 0 Å². The number of hydrogen-bond donors (Lipinski definition) is 2. The minimum Gasteiger partial charge on any atom is -0.345 e. The molecule has 3 N–H and O–H groups in total. The van der Waals surface area contributed by atoms with Crippen molar-refractivity contribution in [2.24, 2.45) is 23.5 Å². The fraction of sp³-hybridized carbons (Fsp3) is 0.800. The summed E-state index contributed by atoms with van der Waals surface area (Å²) in [7, 11) is 0. The van der Waals surface area contributed by atoms with Gasteiger partial charge in [0.05, 0.1) is 0 Å². The molecule has 21 heavy (non-hydrogen) atoms. The summed E-state index contributed by atoms with van der Waals surface area (Å²) in [4.78, 5) is 35.7. The van der Waals surface area contributed by atoms with Gasteiger partial charge in [0.2, 0.25) is 6.41 Å². The van der Waals surface area contributed by atoms with E-state index in [-0.39, 0.29) is 12.6 Å². The van der Waals surface area contributed by atoms with Gasteiger partial charge in [0.1, 0.15) is 0 Å². The van der Waals surface area contributed by atoms with Crippen LogP contribution in [0.4, 0.5) is 0 Å². The highest BCUT2D eigenvalue weighted by atomic mass is 16.2. The van der Waals surface area contributed by atoms with E-state index in [2.05, 4.69) is 5.32 Å². The van der Waals surface area contributed by atoms with Gasteiger partial charge in [-0.25, -0.2) is 0 Å². The van der Waals surface area contributed by atoms with Crippen LogP contribution < -0.4 is 11.1 Å². The fourth-order valence-electron chi connectivity index (χ4n) is 3.88. The lowest BCUT2D eigenvalue weighted by Crippen LogP contribution is -2.48. The Morgan fingerprint density at radius 2 is 2.14 bits per heavy atom. The molecule has 2 bridgehead atoms. The molecule has 0 radical (unpaired) electrons. The lowest BCUT2D eigenvalue weighted by Gasteiger charge is -2.28. The molecular weight excluding hydrogens is 270 g/mol. The first-order chi connectivity index (χ1) is 10.1. The summed E-state index contributed by atoms with van der Waals surface area (Å²) in [6.45, 7) is 2.53. The molecule has 3 amide bonds. The van der Waals surface area contributed by atoms with Gasteiger partial charge in [-0.1, -0.05) is 6.42 Å². The van der Waals surface area contributed by atoms with Crippen molar-refractivity contribution < 1.29 is 14.4 Å². The van der Waals surface area contributed by atoms with Gasteiger partial charge in [-0.2, -0.15) is 0 Å². The van der Waals surface area contributed by atoms with E-state index < -0.39 is 11.8 Å².